The van der Waals surface area contributed by atoms with Gasteiger partial charge in [0.1, 0.15) is 18.2 Å². The van der Waals surface area contributed by atoms with E-state index in [2.05, 4.69) is 11.0 Å². The van der Waals surface area contributed by atoms with Gasteiger partial charge in [0.25, 0.3) is 0 Å². The number of thiophene rings is 1. The molecule has 1 aromatic carbocycles. The minimum Gasteiger partial charge on any atom is -0.478 e. The molecule has 140 valence electrons. The fourth-order valence-corrected chi connectivity index (χ4v) is 5.16. The van der Waals surface area contributed by atoms with Crippen LogP contribution in [-0.2, 0) is 6.54 Å². The average Bonchev–Trinajstić information content (AvgIpc) is 3.26. The van der Waals surface area contributed by atoms with Crippen molar-refractivity contribution in [3.8, 4) is 11.5 Å². The van der Waals surface area contributed by atoms with Crippen LogP contribution in [0.25, 0.3) is 6.08 Å². The highest BCUT2D eigenvalue weighted by Crippen LogP contribution is 2.43. The van der Waals surface area contributed by atoms with E-state index in [1.807, 2.05) is 30.5 Å². The number of carbonyl (C=O) groups is 1. The Labute approximate surface area is 163 Å². The Kier molecular flexibility index (Phi) is 4.29. The molecule has 3 aliphatic rings. The number of rotatable bonds is 2. The Morgan fingerprint density at radius 2 is 2.04 bits per heavy atom. The van der Waals surface area contributed by atoms with Gasteiger partial charge in [-0.3, -0.25) is 9.69 Å². The number of hydrogen-bond acceptors (Lipinski definition) is 5. The van der Waals surface area contributed by atoms with E-state index in [4.69, 9.17) is 9.47 Å². The Morgan fingerprint density at radius 3 is 2.81 bits per heavy atom. The van der Waals surface area contributed by atoms with Crippen LogP contribution >= 0.6 is 11.3 Å². The van der Waals surface area contributed by atoms with Gasteiger partial charge < -0.3 is 9.47 Å². The number of ether oxygens (including phenoxy) is 2. The summed E-state index contributed by atoms with van der Waals surface area (Å²) >= 11 is 1.62. The van der Waals surface area contributed by atoms with Crippen molar-refractivity contribution in [2.45, 2.75) is 51.6 Å². The van der Waals surface area contributed by atoms with Crippen LogP contribution in [-0.4, -0.2) is 23.5 Å². The van der Waals surface area contributed by atoms with E-state index >= 15 is 0 Å². The molecule has 4 nitrogen and oxygen atoms in total. The third kappa shape index (κ3) is 2.99. The first-order chi connectivity index (χ1) is 13.2. The molecule has 0 N–H and O–H groups in total. The molecule has 0 saturated heterocycles. The molecular formula is C22H23NO3S. The van der Waals surface area contributed by atoms with Crippen LogP contribution < -0.4 is 9.47 Å². The predicted molar refractivity (Wildman–Crippen MR) is 106 cm³/mol. The van der Waals surface area contributed by atoms with Crippen molar-refractivity contribution in [2.24, 2.45) is 0 Å². The largest absolute Gasteiger partial charge is 0.478 e. The molecule has 5 heteroatoms. The van der Waals surface area contributed by atoms with Crippen molar-refractivity contribution < 1.29 is 14.3 Å². The van der Waals surface area contributed by atoms with E-state index in [9.17, 15) is 4.79 Å². The van der Waals surface area contributed by atoms with Gasteiger partial charge in [-0.25, -0.2) is 0 Å². The smallest absolute Gasteiger partial charge is 0.232 e. The highest BCUT2D eigenvalue weighted by atomic mass is 32.1. The zero-order valence-electron chi connectivity index (χ0n) is 15.5. The summed E-state index contributed by atoms with van der Waals surface area (Å²) in [6.45, 7) is 3.47. The first kappa shape index (κ1) is 17.0. The number of Topliss-reactive ketones (excluding diaryl/α,β-unsaturated/α-hetero) is 1. The lowest BCUT2D eigenvalue weighted by Gasteiger charge is -2.37. The highest BCUT2D eigenvalue weighted by molar-refractivity contribution is 7.11. The third-order valence-electron chi connectivity index (χ3n) is 5.90. The maximum Gasteiger partial charge on any atom is 0.232 e. The third-order valence-corrected chi connectivity index (χ3v) is 6.87. The number of nitrogens with zero attached hydrogens (tertiary/aromatic N) is 1. The zero-order valence-corrected chi connectivity index (χ0v) is 16.3. The van der Waals surface area contributed by atoms with Crippen molar-refractivity contribution in [2.75, 3.05) is 6.73 Å². The van der Waals surface area contributed by atoms with Gasteiger partial charge in [-0.05, 0) is 48.9 Å². The Bertz CT molecular complexity index is 924. The number of allylic oxidation sites excluding steroid dienone is 1. The second kappa shape index (κ2) is 6.80. The van der Waals surface area contributed by atoms with Crippen molar-refractivity contribution in [1.82, 2.24) is 4.90 Å². The first-order valence-corrected chi connectivity index (χ1v) is 10.6. The van der Waals surface area contributed by atoms with E-state index in [0.29, 0.717) is 29.8 Å². The van der Waals surface area contributed by atoms with E-state index < -0.39 is 0 Å². The van der Waals surface area contributed by atoms with Crippen molar-refractivity contribution >= 4 is 23.2 Å². The summed E-state index contributed by atoms with van der Waals surface area (Å²) in [5.41, 5.74) is 2.83. The summed E-state index contributed by atoms with van der Waals surface area (Å²) in [7, 11) is 0. The molecule has 1 saturated carbocycles. The van der Waals surface area contributed by atoms with E-state index in [-0.39, 0.29) is 5.78 Å². The molecule has 1 aromatic heterocycles. The van der Waals surface area contributed by atoms with Gasteiger partial charge >= 0.3 is 0 Å². The molecule has 27 heavy (non-hydrogen) atoms. The number of ketones is 1. The minimum absolute atomic E-state index is 0.0320. The first-order valence-electron chi connectivity index (χ1n) is 9.72. The molecule has 2 aromatic rings. The van der Waals surface area contributed by atoms with Gasteiger partial charge in [-0.15, -0.1) is 11.3 Å². The summed E-state index contributed by atoms with van der Waals surface area (Å²) in [4.78, 5) is 16.3. The van der Waals surface area contributed by atoms with Crippen molar-refractivity contribution in [1.29, 1.82) is 0 Å². The summed E-state index contributed by atoms with van der Waals surface area (Å²) in [5, 5.41) is 2.03. The maximum atomic E-state index is 12.9. The van der Waals surface area contributed by atoms with Gasteiger partial charge in [0, 0.05) is 23.5 Å². The maximum absolute atomic E-state index is 12.9. The molecule has 5 rings (SSSR count). The van der Waals surface area contributed by atoms with E-state index in [1.54, 1.807) is 11.3 Å². The lowest BCUT2D eigenvalue weighted by Crippen LogP contribution is -2.41. The summed E-state index contributed by atoms with van der Waals surface area (Å²) in [6, 6.07) is 6.40. The molecule has 0 atom stereocenters. The van der Waals surface area contributed by atoms with E-state index in [1.165, 1.54) is 32.1 Å². The Hall–Kier alpha value is -2.11. The van der Waals surface area contributed by atoms with Gasteiger partial charge in [0.15, 0.2) is 5.76 Å². The van der Waals surface area contributed by atoms with Crippen LogP contribution in [0.15, 0.2) is 29.3 Å². The molecule has 0 amide bonds. The number of carbonyl (C=O) groups excluding carboxylic acids is 1. The average molecular weight is 381 g/mol. The monoisotopic (exact) mass is 381 g/mol. The molecule has 0 spiro atoms. The van der Waals surface area contributed by atoms with Crippen LogP contribution in [0, 0.1) is 6.92 Å². The lowest BCUT2D eigenvalue weighted by molar-refractivity contribution is 0.0394. The predicted octanol–water partition coefficient (Wildman–Crippen LogP) is 5.16. The Morgan fingerprint density at radius 1 is 1.19 bits per heavy atom. The van der Waals surface area contributed by atoms with Gasteiger partial charge in [-0.2, -0.15) is 0 Å². The van der Waals surface area contributed by atoms with Gasteiger partial charge in [-0.1, -0.05) is 19.3 Å². The van der Waals surface area contributed by atoms with Crippen LogP contribution in [0.2, 0.25) is 0 Å². The molecule has 0 unspecified atom stereocenters. The van der Waals surface area contributed by atoms with Crippen LogP contribution in [0.5, 0.6) is 11.5 Å². The number of benzene rings is 1. The topological polar surface area (TPSA) is 38.8 Å². The van der Waals surface area contributed by atoms with Crippen molar-refractivity contribution in [3.63, 3.8) is 0 Å². The second-order valence-electron chi connectivity index (χ2n) is 7.64. The SMILES string of the molecule is Cc1ccsc1/C=C1/Oc2c(ccc3c2CN(C2CCCCC2)CO3)C1=O. The molecule has 0 bridgehead atoms. The molecule has 3 heterocycles. The fourth-order valence-electron chi connectivity index (χ4n) is 4.31. The molecular weight excluding hydrogens is 358 g/mol. The van der Waals surface area contributed by atoms with E-state index in [0.717, 1.165) is 28.3 Å². The van der Waals surface area contributed by atoms with Crippen molar-refractivity contribution in [3.05, 3.63) is 50.9 Å². The molecule has 1 aliphatic carbocycles. The second-order valence-corrected chi connectivity index (χ2v) is 8.59. The summed E-state index contributed by atoms with van der Waals surface area (Å²) in [6.07, 6.45) is 8.26. The van der Waals surface area contributed by atoms with Crippen LogP contribution in [0.3, 0.4) is 0 Å². The lowest BCUT2D eigenvalue weighted by atomic mass is 9.93. The Balaban J connectivity index is 1.46. The fraction of sp³-hybridized carbons (Fsp3) is 0.409. The number of fused-ring (bicyclic) bond motifs is 3. The zero-order chi connectivity index (χ0) is 18.4. The molecule has 1 fully saturated rings. The van der Waals surface area contributed by atoms with Gasteiger partial charge in [0.05, 0.1) is 11.1 Å². The van der Waals surface area contributed by atoms with Crippen LogP contribution in [0.1, 0.15) is 58.5 Å². The molecule has 2 aliphatic heterocycles. The van der Waals surface area contributed by atoms with Gasteiger partial charge in [0.2, 0.25) is 5.78 Å². The highest BCUT2D eigenvalue weighted by Gasteiger charge is 2.35. The quantitative estimate of drug-likeness (QED) is 0.674. The number of hydrogen-bond donors (Lipinski definition) is 0. The molecule has 0 radical (unpaired) electrons. The standard InChI is InChI=1S/C22H23NO3S/c1-14-9-10-27-20(14)11-19-21(24)16-7-8-18-17(22(16)26-19)12-23(13-25-18)15-5-3-2-4-6-15/h7-11,15H,2-6,12-13H2,1H3/b19-11+. The summed E-state index contributed by atoms with van der Waals surface area (Å²) in [5.74, 6) is 1.93. The normalized spacial score (nSPS) is 21.7. The summed E-state index contributed by atoms with van der Waals surface area (Å²) < 4.78 is 12.1. The minimum atomic E-state index is -0.0320. The number of aryl methyl sites for hydroxylation is 1. The van der Waals surface area contributed by atoms with Crippen LogP contribution in [0.4, 0.5) is 0 Å².